The number of rotatable bonds is 4. The number of phenolic OH excluding ortho intramolecular Hbond substituents is 1. The van der Waals surface area contributed by atoms with Gasteiger partial charge in [0.25, 0.3) is 10.0 Å². The number of aryl methyl sites for hydroxylation is 1. The maximum atomic E-state index is 12.4. The van der Waals surface area contributed by atoms with Crippen LogP contribution in [-0.2, 0) is 10.0 Å². The fourth-order valence-corrected chi connectivity index (χ4v) is 3.18. The number of para-hydroxylation sites is 1. The van der Waals surface area contributed by atoms with Crippen LogP contribution >= 0.6 is 0 Å². The molecule has 0 saturated heterocycles. The Labute approximate surface area is 123 Å². The van der Waals surface area contributed by atoms with Gasteiger partial charge >= 0.3 is 0 Å². The highest BCUT2D eigenvalue weighted by Crippen LogP contribution is 2.27. The molecule has 0 aliphatic rings. The average molecular weight is 305 g/mol. The van der Waals surface area contributed by atoms with Gasteiger partial charge in [0.05, 0.1) is 5.69 Å². The number of anilines is 1. The van der Waals surface area contributed by atoms with Gasteiger partial charge in [-0.3, -0.25) is 9.52 Å². The highest BCUT2D eigenvalue weighted by Gasteiger charge is 2.20. The lowest BCUT2D eigenvalue weighted by molar-refractivity contribution is 0.101. The molecule has 2 aromatic rings. The lowest BCUT2D eigenvalue weighted by Crippen LogP contribution is -2.15. The summed E-state index contributed by atoms with van der Waals surface area (Å²) in [5.74, 6) is -0.588. The third-order valence-corrected chi connectivity index (χ3v) is 4.35. The highest BCUT2D eigenvalue weighted by atomic mass is 32.2. The Morgan fingerprint density at radius 1 is 1.14 bits per heavy atom. The molecular formula is C15H15NO4S. The number of benzene rings is 2. The molecule has 0 saturated carbocycles. The first-order valence-corrected chi connectivity index (χ1v) is 7.72. The van der Waals surface area contributed by atoms with Gasteiger partial charge in [0.2, 0.25) is 0 Å². The van der Waals surface area contributed by atoms with E-state index in [9.17, 15) is 18.3 Å². The van der Waals surface area contributed by atoms with Gasteiger partial charge < -0.3 is 5.11 Å². The summed E-state index contributed by atoms with van der Waals surface area (Å²) in [6.45, 7) is 3.08. The Balaban J connectivity index is 2.48. The molecular weight excluding hydrogens is 290 g/mol. The summed E-state index contributed by atoms with van der Waals surface area (Å²) in [6.07, 6.45) is 0. The number of Topliss-reactive ketones (excluding diaryl/α,β-unsaturated/α-hetero) is 1. The molecule has 0 atom stereocenters. The van der Waals surface area contributed by atoms with Crippen molar-refractivity contribution in [1.82, 2.24) is 0 Å². The Kier molecular flexibility index (Phi) is 3.99. The summed E-state index contributed by atoms with van der Waals surface area (Å²) in [6, 6.07) is 10.6. The molecule has 0 spiro atoms. The largest absolute Gasteiger partial charge is 0.507 e. The minimum atomic E-state index is -3.97. The molecule has 0 heterocycles. The zero-order valence-corrected chi connectivity index (χ0v) is 12.4. The summed E-state index contributed by atoms with van der Waals surface area (Å²) < 4.78 is 27.1. The van der Waals surface area contributed by atoms with E-state index in [2.05, 4.69) is 4.72 Å². The van der Waals surface area contributed by atoms with Gasteiger partial charge in [0.15, 0.2) is 5.78 Å². The standard InChI is InChI=1S/C15H15NO4S/c1-10-7-8-14(18)15(9-10)21(19,20)16-13-6-4-3-5-12(13)11(2)17/h3-9,16,18H,1-2H3. The SMILES string of the molecule is CC(=O)c1ccccc1NS(=O)(=O)c1cc(C)ccc1O. The van der Waals surface area contributed by atoms with Crippen LogP contribution in [0.4, 0.5) is 5.69 Å². The second-order valence-electron chi connectivity index (χ2n) is 4.68. The maximum absolute atomic E-state index is 12.4. The number of sulfonamides is 1. The van der Waals surface area contributed by atoms with Gasteiger partial charge in [-0.25, -0.2) is 8.42 Å². The smallest absolute Gasteiger partial charge is 0.265 e. The van der Waals surface area contributed by atoms with Crippen molar-refractivity contribution < 1.29 is 18.3 Å². The number of aromatic hydroxyl groups is 1. The summed E-state index contributed by atoms with van der Waals surface area (Å²) in [4.78, 5) is 11.3. The number of hydrogen-bond donors (Lipinski definition) is 2. The molecule has 0 radical (unpaired) electrons. The number of nitrogens with one attached hydrogen (secondary N) is 1. The average Bonchev–Trinajstić information content (AvgIpc) is 2.41. The second kappa shape index (κ2) is 5.57. The van der Waals surface area contributed by atoms with Crippen LogP contribution in [0.3, 0.4) is 0 Å². The van der Waals surface area contributed by atoms with Crippen LogP contribution in [0.2, 0.25) is 0 Å². The van der Waals surface area contributed by atoms with Crippen LogP contribution < -0.4 is 4.72 Å². The predicted molar refractivity (Wildman–Crippen MR) is 80.1 cm³/mol. The van der Waals surface area contributed by atoms with Gasteiger partial charge in [0.1, 0.15) is 10.6 Å². The Morgan fingerprint density at radius 3 is 2.48 bits per heavy atom. The van der Waals surface area contributed by atoms with Crippen LogP contribution in [0.1, 0.15) is 22.8 Å². The monoisotopic (exact) mass is 305 g/mol. The fourth-order valence-electron chi connectivity index (χ4n) is 1.92. The molecule has 5 nitrogen and oxygen atoms in total. The van der Waals surface area contributed by atoms with Crippen LogP contribution in [0, 0.1) is 6.92 Å². The van der Waals surface area contributed by atoms with E-state index < -0.39 is 10.0 Å². The lowest BCUT2D eigenvalue weighted by Gasteiger charge is -2.12. The topological polar surface area (TPSA) is 83.5 Å². The molecule has 2 rings (SSSR count). The van der Waals surface area contributed by atoms with Crippen molar-refractivity contribution in [3.63, 3.8) is 0 Å². The minimum absolute atomic E-state index is 0.186. The van der Waals surface area contributed by atoms with E-state index in [1.165, 1.54) is 31.2 Å². The van der Waals surface area contributed by atoms with E-state index in [1.54, 1.807) is 25.1 Å². The predicted octanol–water partition coefficient (Wildman–Crippen LogP) is 2.70. The molecule has 2 N–H and O–H groups in total. The number of ketones is 1. The normalized spacial score (nSPS) is 11.1. The van der Waals surface area contributed by atoms with Gasteiger partial charge in [-0.15, -0.1) is 0 Å². The lowest BCUT2D eigenvalue weighted by atomic mass is 10.1. The van der Waals surface area contributed by atoms with Crippen molar-refractivity contribution in [1.29, 1.82) is 0 Å². The van der Waals surface area contributed by atoms with Crippen molar-refractivity contribution in [2.45, 2.75) is 18.7 Å². The van der Waals surface area contributed by atoms with Crippen molar-refractivity contribution in [2.24, 2.45) is 0 Å². The van der Waals surface area contributed by atoms with E-state index >= 15 is 0 Å². The van der Waals surface area contributed by atoms with Crippen molar-refractivity contribution in [3.8, 4) is 5.75 Å². The first-order valence-electron chi connectivity index (χ1n) is 6.23. The molecule has 110 valence electrons. The zero-order valence-electron chi connectivity index (χ0n) is 11.6. The van der Waals surface area contributed by atoms with E-state index in [-0.39, 0.29) is 27.7 Å². The van der Waals surface area contributed by atoms with Gasteiger partial charge in [-0.05, 0) is 43.7 Å². The van der Waals surface area contributed by atoms with Gasteiger partial charge in [0, 0.05) is 5.56 Å². The second-order valence-corrected chi connectivity index (χ2v) is 6.33. The first kappa shape index (κ1) is 15.1. The van der Waals surface area contributed by atoms with E-state index in [1.807, 2.05) is 0 Å². The molecule has 0 bridgehead atoms. The number of carbonyl (C=O) groups excluding carboxylic acids is 1. The zero-order chi connectivity index (χ0) is 15.6. The summed E-state index contributed by atoms with van der Waals surface area (Å²) in [5, 5.41) is 9.74. The van der Waals surface area contributed by atoms with Crippen molar-refractivity contribution in [2.75, 3.05) is 4.72 Å². The molecule has 6 heteroatoms. The molecule has 0 amide bonds. The Hall–Kier alpha value is -2.34. The van der Waals surface area contributed by atoms with Crippen LogP contribution in [-0.4, -0.2) is 19.3 Å². The maximum Gasteiger partial charge on any atom is 0.265 e. The van der Waals surface area contributed by atoms with Crippen LogP contribution in [0.15, 0.2) is 47.4 Å². The first-order chi connectivity index (χ1) is 9.81. The molecule has 0 aliphatic heterocycles. The fraction of sp³-hybridized carbons (Fsp3) is 0.133. The Bertz CT molecular complexity index is 797. The van der Waals surface area contributed by atoms with Crippen molar-refractivity contribution >= 4 is 21.5 Å². The summed E-state index contributed by atoms with van der Waals surface area (Å²) in [7, 11) is -3.97. The molecule has 2 aromatic carbocycles. The van der Waals surface area contributed by atoms with Gasteiger partial charge in [-0.2, -0.15) is 0 Å². The van der Waals surface area contributed by atoms with Crippen LogP contribution in [0.5, 0.6) is 5.75 Å². The number of phenols is 1. The molecule has 0 aromatic heterocycles. The third-order valence-electron chi connectivity index (χ3n) is 2.96. The summed E-state index contributed by atoms with van der Waals surface area (Å²) in [5.41, 5.74) is 1.16. The molecule has 21 heavy (non-hydrogen) atoms. The van der Waals surface area contributed by atoms with E-state index in [0.717, 1.165) is 0 Å². The Morgan fingerprint density at radius 2 is 1.81 bits per heavy atom. The van der Waals surface area contributed by atoms with Gasteiger partial charge in [-0.1, -0.05) is 18.2 Å². The molecule has 0 unspecified atom stereocenters. The number of hydrogen-bond acceptors (Lipinski definition) is 4. The highest BCUT2D eigenvalue weighted by molar-refractivity contribution is 7.92. The van der Waals surface area contributed by atoms with E-state index in [4.69, 9.17) is 0 Å². The van der Waals surface area contributed by atoms with Crippen LogP contribution in [0.25, 0.3) is 0 Å². The summed E-state index contributed by atoms with van der Waals surface area (Å²) >= 11 is 0. The molecule has 0 aliphatic carbocycles. The third kappa shape index (κ3) is 3.22. The quantitative estimate of drug-likeness (QED) is 0.851. The number of carbonyl (C=O) groups is 1. The minimum Gasteiger partial charge on any atom is -0.507 e. The van der Waals surface area contributed by atoms with Crippen molar-refractivity contribution in [3.05, 3.63) is 53.6 Å². The molecule has 0 fully saturated rings. The van der Waals surface area contributed by atoms with E-state index in [0.29, 0.717) is 5.56 Å².